The smallest absolute Gasteiger partial charge is 0.363 e. The lowest BCUT2D eigenvalue weighted by Gasteiger charge is -2.11. The Balaban J connectivity index is 1.39. The number of nitrogens with zero attached hydrogens (tertiary/aromatic N) is 2. The molecular formula is C35H44N2O6. The first-order valence-electron chi connectivity index (χ1n) is 15.4. The Labute approximate surface area is 255 Å². The first kappa shape index (κ1) is 33.4. The number of benzene rings is 2. The number of hydrogen-bond acceptors (Lipinski definition) is 8. The number of ether oxygens (including phenoxy) is 3. The van der Waals surface area contributed by atoms with Gasteiger partial charge in [0.2, 0.25) is 0 Å². The normalized spacial score (nSPS) is 11.5. The van der Waals surface area contributed by atoms with E-state index < -0.39 is 24.0 Å². The van der Waals surface area contributed by atoms with Crippen molar-refractivity contribution >= 4 is 17.9 Å². The maximum absolute atomic E-state index is 12.6. The molecule has 3 aromatic rings. The molecule has 0 unspecified atom stereocenters. The molecular weight excluding hydrogens is 544 g/mol. The van der Waals surface area contributed by atoms with E-state index in [2.05, 4.69) is 33.8 Å². The van der Waals surface area contributed by atoms with E-state index in [0.29, 0.717) is 5.69 Å². The first-order chi connectivity index (χ1) is 20.9. The van der Waals surface area contributed by atoms with Crippen molar-refractivity contribution in [2.45, 2.75) is 97.0 Å². The standard InChI is InChI=1S/C35H44N2O6/c1-4-5-6-7-8-9-10-11-12-13-14-15-27-16-18-28(19-17-27)31-24-37-32(25-36-31)35(40)43-30-22-20-29(21-23-30)34(39)42-26(2)33(38)41-3/h16-26H,4-15H2,1-3H3/t26-/m1/s1. The van der Waals surface area contributed by atoms with E-state index in [0.717, 1.165) is 12.0 Å². The lowest BCUT2D eigenvalue weighted by atomic mass is 10.0. The minimum Gasteiger partial charge on any atom is -0.466 e. The van der Waals surface area contributed by atoms with Crippen molar-refractivity contribution in [2.75, 3.05) is 7.11 Å². The maximum Gasteiger partial charge on any atom is 0.363 e. The molecule has 8 nitrogen and oxygen atoms in total. The van der Waals surface area contributed by atoms with Crippen molar-refractivity contribution < 1.29 is 28.6 Å². The van der Waals surface area contributed by atoms with Gasteiger partial charge in [-0.1, -0.05) is 95.4 Å². The van der Waals surface area contributed by atoms with Gasteiger partial charge in [-0.25, -0.2) is 19.4 Å². The van der Waals surface area contributed by atoms with Crippen LogP contribution in [0.25, 0.3) is 11.3 Å². The summed E-state index contributed by atoms with van der Waals surface area (Å²) in [6, 6.07) is 14.1. The van der Waals surface area contributed by atoms with Crippen LogP contribution in [-0.4, -0.2) is 41.1 Å². The molecule has 1 atom stereocenters. The maximum atomic E-state index is 12.6. The van der Waals surface area contributed by atoms with Crippen molar-refractivity contribution in [1.82, 2.24) is 9.97 Å². The minimum absolute atomic E-state index is 0.0623. The number of unbranched alkanes of at least 4 members (excludes halogenated alkanes) is 10. The SMILES string of the molecule is CCCCCCCCCCCCCc1ccc(-c2cnc(C(=O)Oc3ccc(C(=O)O[C@H](C)C(=O)OC)cc3)cn2)cc1. The van der Waals surface area contributed by atoms with Gasteiger partial charge in [0.25, 0.3) is 0 Å². The van der Waals surface area contributed by atoms with E-state index in [1.54, 1.807) is 6.20 Å². The molecule has 0 N–H and O–H groups in total. The predicted octanol–water partition coefficient (Wildman–Crippen LogP) is 7.93. The summed E-state index contributed by atoms with van der Waals surface area (Å²) < 4.78 is 14.9. The lowest BCUT2D eigenvalue weighted by Crippen LogP contribution is -2.25. The molecule has 2 aromatic carbocycles. The van der Waals surface area contributed by atoms with Crippen molar-refractivity contribution in [1.29, 1.82) is 0 Å². The Bertz CT molecular complexity index is 1270. The highest BCUT2D eigenvalue weighted by Crippen LogP contribution is 2.20. The van der Waals surface area contributed by atoms with Gasteiger partial charge in [-0.05, 0) is 49.6 Å². The Morgan fingerprint density at radius 3 is 1.88 bits per heavy atom. The van der Waals surface area contributed by atoms with Gasteiger partial charge < -0.3 is 14.2 Å². The highest BCUT2D eigenvalue weighted by atomic mass is 16.6. The molecule has 0 saturated carbocycles. The fraction of sp³-hybridized carbons (Fsp3) is 0.457. The third kappa shape index (κ3) is 11.6. The summed E-state index contributed by atoms with van der Waals surface area (Å²) in [6.07, 6.45) is 17.7. The van der Waals surface area contributed by atoms with Crippen LogP contribution in [0.4, 0.5) is 0 Å². The number of hydrogen-bond donors (Lipinski definition) is 0. The molecule has 0 saturated heterocycles. The number of carbonyl (C=O) groups excluding carboxylic acids is 3. The van der Waals surface area contributed by atoms with Crippen LogP contribution in [0, 0.1) is 0 Å². The number of aromatic nitrogens is 2. The summed E-state index contributed by atoms with van der Waals surface area (Å²) in [6.45, 7) is 3.68. The van der Waals surface area contributed by atoms with Crippen molar-refractivity contribution in [3.63, 3.8) is 0 Å². The van der Waals surface area contributed by atoms with Crippen LogP contribution >= 0.6 is 0 Å². The van der Waals surface area contributed by atoms with E-state index >= 15 is 0 Å². The van der Waals surface area contributed by atoms with Gasteiger partial charge >= 0.3 is 17.9 Å². The van der Waals surface area contributed by atoms with E-state index in [-0.39, 0.29) is 17.0 Å². The van der Waals surface area contributed by atoms with E-state index in [4.69, 9.17) is 9.47 Å². The Kier molecular flexibility index (Phi) is 14.4. The monoisotopic (exact) mass is 588 g/mol. The summed E-state index contributed by atoms with van der Waals surface area (Å²) in [5.41, 5.74) is 3.17. The zero-order valence-corrected chi connectivity index (χ0v) is 25.7. The first-order valence-corrected chi connectivity index (χ1v) is 15.4. The average Bonchev–Trinajstić information content (AvgIpc) is 3.03. The molecule has 0 aliphatic carbocycles. The van der Waals surface area contributed by atoms with Crippen LogP contribution in [-0.2, 0) is 20.7 Å². The number of methoxy groups -OCH3 is 1. The molecule has 230 valence electrons. The second-order valence-corrected chi connectivity index (χ2v) is 10.8. The predicted molar refractivity (Wildman–Crippen MR) is 166 cm³/mol. The highest BCUT2D eigenvalue weighted by Gasteiger charge is 2.19. The Morgan fingerprint density at radius 1 is 0.721 bits per heavy atom. The third-order valence-corrected chi connectivity index (χ3v) is 7.30. The van der Waals surface area contributed by atoms with Crippen molar-refractivity contribution in [2.24, 2.45) is 0 Å². The molecule has 3 rings (SSSR count). The van der Waals surface area contributed by atoms with E-state index in [1.165, 1.54) is 121 Å². The van der Waals surface area contributed by atoms with Gasteiger partial charge in [0.1, 0.15) is 5.75 Å². The zero-order valence-electron chi connectivity index (χ0n) is 25.7. The fourth-order valence-corrected chi connectivity index (χ4v) is 4.68. The Hall–Kier alpha value is -4.07. The van der Waals surface area contributed by atoms with Gasteiger partial charge in [-0.2, -0.15) is 0 Å². The molecule has 0 bridgehead atoms. The molecule has 0 radical (unpaired) electrons. The summed E-state index contributed by atoms with van der Waals surface area (Å²) >= 11 is 0. The molecule has 1 aromatic heterocycles. The van der Waals surface area contributed by atoms with Crippen molar-refractivity contribution in [3.8, 4) is 17.0 Å². The second-order valence-electron chi connectivity index (χ2n) is 10.8. The molecule has 1 heterocycles. The number of aryl methyl sites for hydroxylation is 1. The topological polar surface area (TPSA) is 105 Å². The van der Waals surface area contributed by atoms with Crippen LogP contribution in [0.2, 0.25) is 0 Å². The average molecular weight is 589 g/mol. The molecule has 8 heteroatoms. The number of esters is 3. The largest absolute Gasteiger partial charge is 0.466 e. The molecule has 0 aliphatic heterocycles. The molecule has 0 fully saturated rings. The third-order valence-electron chi connectivity index (χ3n) is 7.30. The van der Waals surface area contributed by atoms with Gasteiger partial charge in [0, 0.05) is 5.56 Å². The van der Waals surface area contributed by atoms with Crippen LogP contribution in [0.1, 0.15) is 111 Å². The number of rotatable bonds is 18. The molecule has 43 heavy (non-hydrogen) atoms. The Morgan fingerprint density at radius 2 is 1.33 bits per heavy atom. The van der Waals surface area contributed by atoms with Crippen LogP contribution in [0.3, 0.4) is 0 Å². The van der Waals surface area contributed by atoms with E-state index in [9.17, 15) is 14.4 Å². The van der Waals surface area contributed by atoms with Gasteiger partial charge in [0.05, 0.1) is 30.8 Å². The fourth-order valence-electron chi connectivity index (χ4n) is 4.68. The van der Waals surface area contributed by atoms with Gasteiger partial charge in [-0.3, -0.25) is 4.98 Å². The summed E-state index contributed by atoms with van der Waals surface area (Å²) in [5.74, 6) is -1.80. The minimum atomic E-state index is -1.03. The summed E-state index contributed by atoms with van der Waals surface area (Å²) in [5, 5.41) is 0. The van der Waals surface area contributed by atoms with Gasteiger partial charge in [-0.15, -0.1) is 0 Å². The van der Waals surface area contributed by atoms with Gasteiger partial charge in [0.15, 0.2) is 11.8 Å². The number of carbonyl (C=O) groups is 3. The molecule has 0 amide bonds. The zero-order chi connectivity index (χ0) is 30.9. The van der Waals surface area contributed by atoms with Crippen molar-refractivity contribution in [3.05, 3.63) is 77.7 Å². The quantitative estimate of drug-likeness (QED) is 0.0838. The van der Waals surface area contributed by atoms with Crippen LogP contribution in [0.15, 0.2) is 60.9 Å². The highest BCUT2D eigenvalue weighted by molar-refractivity contribution is 5.92. The summed E-state index contributed by atoms with van der Waals surface area (Å²) in [4.78, 5) is 44.8. The molecule has 0 aliphatic rings. The van der Waals surface area contributed by atoms with Crippen LogP contribution in [0.5, 0.6) is 5.75 Å². The summed E-state index contributed by atoms with van der Waals surface area (Å²) in [7, 11) is 1.21. The second kappa shape index (κ2) is 18.5. The van der Waals surface area contributed by atoms with E-state index in [1.807, 2.05) is 12.1 Å². The lowest BCUT2D eigenvalue weighted by molar-refractivity contribution is -0.149. The molecule has 0 spiro atoms. The van der Waals surface area contributed by atoms with Crippen LogP contribution < -0.4 is 4.74 Å².